The van der Waals surface area contributed by atoms with Crippen molar-refractivity contribution in [3.8, 4) is 11.5 Å². The number of methoxy groups -OCH3 is 1. The van der Waals surface area contributed by atoms with E-state index in [-0.39, 0.29) is 36.0 Å². The van der Waals surface area contributed by atoms with Crippen LogP contribution in [-0.2, 0) is 4.79 Å². The maximum atomic E-state index is 12.3. The predicted octanol–water partition coefficient (Wildman–Crippen LogP) is 2.89. The van der Waals surface area contributed by atoms with Crippen molar-refractivity contribution in [2.24, 2.45) is 10.9 Å². The van der Waals surface area contributed by atoms with Crippen LogP contribution in [0.25, 0.3) is 0 Å². The maximum Gasteiger partial charge on any atom is 0.224 e. The zero-order chi connectivity index (χ0) is 20.4. The van der Waals surface area contributed by atoms with Gasteiger partial charge in [0.25, 0.3) is 0 Å². The molecule has 2 rings (SSSR count). The Morgan fingerprint density at radius 2 is 2.10 bits per heavy atom. The molecule has 2 N–H and O–H groups in total. The van der Waals surface area contributed by atoms with E-state index in [9.17, 15) is 4.79 Å². The number of nitrogens with zero attached hydrogens (tertiary/aromatic N) is 2. The first-order chi connectivity index (χ1) is 13.5. The Labute approximate surface area is 191 Å². The minimum atomic E-state index is -0.0536. The van der Waals surface area contributed by atoms with Gasteiger partial charge in [-0.3, -0.25) is 9.79 Å². The number of guanidine groups is 1. The molecule has 1 aliphatic rings. The molecular formula is C21H35IN4O3. The molecule has 1 fully saturated rings. The third-order valence-electron chi connectivity index (χ3n) is 4.80. The van der Waals surface area contributed by atoms with Crippen molar-refractivity contribution >= 4 is 35.8 Å². The highest BCUT2D eigenvalue weighted by molar-refractivity contribution is 14.0. The first kappa shape index (κ1) is 25.3. The lowest BCUT2D eigenvalue weighted by Gasteiger charge is -2.31. The van der Waals surface area contributed by atoms with Gasteiger partial charge >= 0.3 is 0 Å². The largest absolute Gasteiger partial charge is 0.497 e. The van der Waals surface area contributed by atoms with Crippen LogP contribution in [0.3, 0.4) is 0 Å². The topological polar surface area (TPSA) is 75.2 Å². The number of ether oxygens (including phenoxy) is 2. The van der Waals surface area contributed by atoms with E-state index in [4.69, 9.17) is 9.47 Å². The van der Waals surface area contributed by atoms with Crippen molar-refractivity contribution in [1.82, 2.24) is 15.5 Å². The van der Waals surface area contributed by atoms with Gasteiger partial charge in [-0.15, -0.1) is 24.0 Å². The fourth-order valence-electron chi connectivity index (χ4n) is 3.27. The Kier molecular flexibility index (Phi) is 11.8. The number of hydrogen-bond donors (Lipinski definition) is 2. The molecule has 1 heterocycles. The van der Waals surface area contributed by atoms with Crippen molar-refractivity contribution in [2.75, 3.05) is 40.3 Å². The molecule has 8 heteroatoms. The van der Waals surface area contributed by atoms with E-state index in [0.717, 1.165) is 31.0 Å². The molecule has 2 unspecified atom stereocenters. The Balaban J connectivity index is 0.00000420. The quantitative estimate of drug-likeness (QED) is 0.315. The monoisotopic (exact) mass is 518 g/mol. The molecule has 1 saturated heterocycles. The molecule has 29 heavy (non-hydrogen) atoms. The SMILES string of the molecule is CN=C(NCCC(=O)N1CCCC(C)C1)NCC(C)Oc1cccc(OC)c1.I. The second-order valence-electron chi connectivity index (χ2n) is 7.32. The van der Waals surface area contributed by atoms with Gasteiger partial charge in [-0.1, -0.05) is 13.0 Å². The molecule has 2 atom stereocenters. The summed E-state index contributed by atoms with van der Waals surface area (Å²) in [5.41, 5.74) is 0. The number of nitrogens with one attached hydrogen (secondary N) is 2. The van der Waals surface area contributed by atoms with E-state index in [0.29, 0.717) is 31.4 Å². The molecule has 0 aromatic heterocycles. The number of rotatable bonds is 8. The van der Waals surface area contributed by atoms with E-state index in [1.807, 2.05) is 36.1 Å². The minimum Gasteiger partial charge on any atom is -0.497 e. The van der Waals surface area contributed by atoms with Crippen LogP contribution >= 0.6 is 24.0 Å². The summed E-state index contributed by atoms with van der Waals surface area (Å²) < 4.78 is 11.1. The number of piperidine rings is 1. The van der Waals surface area contributed by atoms with Crippen molar-refractivity contribution in [3.63, 3.8) is 0 Å². The number of aliphatic imine (C=N–C) groups is 1. The number of amides is 1. The molecule has 0 bridgehead atoms. The lowest BCUT2D eigenvalue weighted by atomic mass is 10.00. The van der Waals surface area contributed by atoms with Gasteiger partial charge in [0.05, 0.1) is 13.7 Å². The Bertz CT molecular complexity index is 657. The highest BCUT2D eigenvalue weighted by Crippen LogP contribution is 2.19. The lowest BCUT2D eigenvalue weighted by Crippen LogP contribution is -2.44. The molecule has 1 aromatic carbocycles. The first-order valence-electron chi connectivity index (χ1n) is 10.0. The van der Waals surface area contributed by atoms with Crippen LogP contribution in [0.15, 0.2) is 29.3 Å². The zero-order valence-electron chi connectivity index (χ0n) is 17.9. The summed E-state index contributed by atoms with van der Waals surface area (Å²) in [5.74, 6) is 3.01. The second-order valence-corrected chi connectivity index (χ2v) is 7.32. The summed E-state index contributed by atoms with van der Waals surface area (Å²) in [4.78, 5) is 18.5. The number of halogens is 1. The molecule has 164 valence electrons. The molecule has 0 radical (unpaired) electrons. The maximum absolute atomic E-state index is 12.3. The number of benzene rings is 1. The third kappa shape index (κ3) is 9.10. The normalized spacial score (nSPS) is 17.7. The van der Waals surface area contributed by atoms with Gasteiger partial charge in [0.1, 0.15) is 17.6 Å². The van der Waals surface area contributed by atoms with Gasteiger partial charge in [0.2, 0.25) is 5.91 Å². The molecule has 1 amide bonds. The van der Waals surface area contributed by atoms with Gasteiger partial charge in [0.15, 0.2) is 5.96 Å². The highest BCUT2D eigenvalue weighted by atomic mass is 127. The van der Waals surface area contributed by atoms with Crippen molar-refractivity contribution in [3.05, 3.63) is 24.3 Å². The average Bonchev–Trinajstić information content (AvgIpc) is 2.70. The summed E-state index contributed by atoms with van der Waals surface area (Å²) in [6.07, 6.45) is 2.74. The number of carbonyl (C=O) groups is 1. The summed E-state index contributed by atoms with van der Waals surface area (Å²) in [7, 11) is 3.35. The van der Waals surface area contributed by atoms with Gasteiger partial charge in [-0.2, -0.15) is 0 Å². The molecule has 1 aliphatic heterocycles. The van der Waals surface area contributed by atoms with Gasteiger partial charge in [-0.05, 0) is 37.8 Å². The Morgan fingerprint density at radius 3 is 2.79 bits per heavy atom. The van der Waals surface area contributed by atoms with Gasteiger partial charge < -0.3 is 25.0 Å². The Hall–Kier alpha value is -1.71. The molecule has 7 nitrogen and oxygen atoms in total. The Morgan fingerprint density at radius 1 is 1.34 bits per heavy atom. The highest BCUT2D eigenvalue weighted by Gasteiger charge is 2.20. The van der Waals surface area contributed by atoms with Gasteiger partial charge in [0, 0.05) is 39.2 Å². The number of likely N-dealkylation sites (tertiary alicyclic amines) is 1. The fraction of sp³-hybridized carbons (Fsp3) is 0.619. The van der Waals surface area contributed by atoms with Crippen LogP contribution in [0.5, 0.6) is 11.5 Å². The van der Waals surface area contributed by atoms with Crippen molar-refractivity contribution in [2.45, 2.75) is 39.2 Å². The van der Waals surface area contributed by atoms with Gasteiger partial charge in [-0.25, -0.2) is 0 Å². The number of hydrogen-bond acceptors (Lipinski definition) is 4. The van der Waals surface area contributed by atoms with Crippen molar-refractivity contribution in [1.29, 1.82) is 0 Å². The van der Waals surface area contributed by atoms with Crippen LogP contribution in [-0.4, -0.2) is 63.2 Å². The van der Waals surface area contributed by atoms with E-state index in [1.54, 1.807) is 14.2 Å². The number of carbonyl (C=O) groups excluding carboxylic acids is 1. The smallest absolute Gasteiger partial charge is 0.224 e. The average molecular weight is 518 g/mol. The van der Waals surface area contributed by atoms with Crippen LogP contribution in [0.2, 0.25) is 0 Å². The van der Waals surface area contributed by atoms with E-state index < -0.39 is 0 Å². The standard InChI is InChI=1S/C21H34N4O3.HI/c1-16-7-6-12-25(15-16)20(26)10-11-23-21(22-3)24-14-17(2)28-19-9-5-8-18(13-19)27-4;/h5,8-9,13,16-17H,6-7,10-12,14-15H2,1-4H3,(H2,22,23,24);1H. The summed E-state index contributed by atoms with van der Waals surface area (Å²) in [6.45, 7) is 7.11. The van der Waals surface area contributed by atoms with Crippen LogP contribution in [0.1, 0.15) is 33.1 Å². The molecular weight excluding hydrogens is 483 g/mol. The van der Waals surface area contributed by atoms with E-state index in [1.165, 1.54) is 6.42 Å². The fourth-order valence-corrected chi connectivity index (χ4v) is 3.27. The molecule has 0 spiro atoms. The van der Waals surface area contributed by atoms with Crippen LogP contribution in [0.4, 0.5) is 0 Å². The predicted molar refractivity (Wildman–Crippen MR) is 127 cm³/mol. The van der Waals surface area contributed by atoms with E-state index >= 15 is 0 Å². The van der Waals surface area contributed by atoms with Crippen molar-refractivity contribution < 1.29 is 14.3 Å². The summed E-state index contributed by atoms with van der Waals surface area (Å²) >= 11 is 0. The second kappa shape index (κ2) is 13.5. The molecule has 1 aromatic rings. The van der Waals surface area contributed by atoms with E-state index in [2.05, 4.69) is 22.5 Å². The summed E-state index contributed by atoms with van der Waals surface area (Å²) in [6, 6.07) is 7.54. The van der Waals surface area contributed by atoms with Crippen LogP contribution in [0, 0.1) is 5.92 Å². The van der Waals surface area contributed by atoms with Crippen LogP contribution < -0.4 is 20.1 Å². The third-order valence-corrected chi connectivity index (χ3v) is 4.80. The lowest BCUT2D eigenvalue weighted by molar-refractivity contribution is -0.132. The minimum absolute atomic E-state index is 0. The molecule has 0 aliphatic carbocycles. The summed E-state index contributed by atoms with van der Waals surface area (Å²) in [5, 5.41) is 6.44. The first-order valence-corrected chi connectivity index (χ1v) is 10.0. The molecule has 0 saturated carbocycles. The zero-order valence-corrected chi connectivity index (χ0v) is 20.3.